The number of sulfonamides is 1. The van der Waals surface area contributed by atoms with Gasteiger partial charge in [0.15, 0.2) is 5.13 Å². The lowest BCUT2D eigenvalue weighted by Gasteiger charge is -2.15. The van der Waals surface area contributed by atoms with Gasteiger partial charge in [-0.2, -0.15) is 0 Å². The van der Waals surface area contributed by atoms with E-state index in [1.54, 1.807) is 12.4 Å². The van der Waals surface area contributed by atoms with Crippen LogP contribution in [0.4, 0.5) is 5.13 Å². The number of thiazole rings is 1. The monoisotopic (exact) mass is 335 g/mol. The van der Waals surface area contributed by atoms with E-state index < -0.39 is 10.0 Å². The maximum atomic E-state index is 11.9. The van der Waals surface area contributed by atoms with Crippen molar-refractivity contribution in [3.8, 4) is 0 Å². The maximum absolute atomic E-state index is 11.9. The van der Waals surface area contributed by atoms with Crippen LogP contribution in [0.2, 0.25) is 0 Å². The second-order valence-corrected chi connectivity index (χ2v) is 6.94. The molecule has 0 unspecified atom stereocenters. The SMILES string of the molecule is COC(=O)CCN(C)C(=O)Cc1csc(NS(C)(=O)=O)n1. The van der Waals surface area contributed by atoms with Crippen molar-refractivity contribution < 1.29 is 22.7 Å². The molecule has 8 nitrogen and oxygen atoms in total. The van der Waals surface area contributed by atoms with Crippen LogP contribution >= 0.6 is 11.3 Å². The third-order valence-electron chi connectivity index (χ3n) is 2.46. The topological polar surface area (TPSA) is 106 Å². The predicted octanol–water partition coefficient (Wildman–Crippen LogP) is 0.0786. The van der Waals surface area contributed by atoms with E-state index in [1.807, 2.05) is 0 Å². The highest BCUT2D eigenvalue weighted by Crippen LogP contribution is 2.17. The minimum absolute atomic E-state index is 0.0413. The Morgan fingerprint density at radius 3 is 2.71 bits per heavy atom. The van der Waals surface area contributed by atoms with Gasteiger partial charge in [-0.25, -0.2) is 13.4 Å². The number of methoxy groups -OCH3 is 1. The lowest BCUT2D eigenvalue weighted by atomic mass is 10.3. The van der Waals surface area contributed by atoms with Gasteiger partial charge in [0, 0.05) is 19.0 Å². The fourth-order valence-electron chi connectivity index (χ4n) is 1.37. The Morgan fingerprint density at radius 2 is 2.14 bits per heavy atom. The van der Waals surface area contributed by atoms with Gasteiger partial charge >= 0.3 is 5.97 Å². The van der Waals surface area contributed by atoms with Crippen LogP contribution < -0.4 is 4.72 Å². The molecule has 0 bridgehead atoms. The molecule has 0 aliphatic heterocycles. The number of ether oxygens (including phenoxy) is 1. The van der Waals surface area contributed by atoms with Crippen molar-refractivity contribution >= 4 is 38.4 Å². The van der Waals surface area contributed by atoms with Gasteiger partial charge in [-0.05, 0) is 0 Å². The smallest absolute Gasteiger partial charge is 0.307 e. The number of aromatic nitrogens is 1. The first-order valence-electron chi connectivity index (χ1n) is 5.94. The molecule has 0 saturated heterocycles. The fourth-order valence-corrected chi connectivity index (χ4v) is 2.93. The molecule has 0 atom stereocenters. The van der Waals surface area contributed by atoms with Crippen LogP contribution in [-0.4, -0.2) is 57.1 Å². The van der Waals surface area contributed by atoms with E-state index in [-0.39, 0.29) is 36.4 Å². The zero-order chi connectivity index (χ0) is 16.0. The van der Waals surface area contributed by atoms with E-state index in [4.69, 9.17) is 0 Å². The molecular weight excluding hydrogens is 318 g/mol. The van der Waals surface area contributed by atoms with Crippen molar-refractivity contribution in [1.29, 1.82) is 0 Å². The molecular formula is C11H17N3O5S2. The first-order chi connectivity index (χ1) is 9.71. The molecule has 0 radical (unpaired) electrons. The van der Waals surface area contributed by atoms with Crippen LogP contribution in [0, 0.1) is 0 Å². The summed E-state index contributed by atoms with van der Waals surface area (Å²) in [5, 5.41) is 1.83. The molecule has 1 aromatic rings. The average Bonchev–Trinajstić information content (AvgIpc) is 2.80. The zero-order valence-electron chi connectivity index (χ0n) is 12.0. The second kappa shape index (κ2) is 7.36. The largest absolute Gasteiger partial charge is 0.469 e. The second-order valence-electron chi connectivity index (χ2n) is 4.34. The Balaban J connectivity index is 2.53. The summed E-state index contributed by atoms with van der Waals surface area (Å²) in [6.07, 6.45) is 1.19. The lowest BCUT2D eigenvalue weighted by molar-refractivity contribution is -0.141. The molecule has 1 heterocycles. The molecule has 10 heteroatoms. The highest BCUT2D eigenvalue weighted by atomic mass is 32.2. The number of hydrogen-bond donors (Lipinski definition) is 1. The predicted molar refractivity (Wildman–Crippen MR) is 78.6 cm³/mol. The molecule has 1 N–H and O–H groups in total. The molecule has 0 fully saturated rings. The van der Waals surface area contributed by atoms with Gasteiger partial charge in [0.25, 0.3) is 0 Å². The summed E-state index contributed by atoms with van der Waals surface area (Å²) in [7, 11) is -0.514. The van der Waals surface area contributed by atoms with Gasteiger partial charge in [-0.3, -0.25) is 14.3 Å². The van der Waals surface area contributed by atoms with Gasteiger partial charge in [-0.15, -0.1) is 11.3 Å². The molecule has 0 spiro atoms. The van der Waals surface area contributed by atoms with Crippen molar-refractivity contribution in [2.24, 2.45) is 0 Å². The summed E-state index contributed by atoms with van der Waals surface area (Å²) < 4.78 is 28.8. The third-order valence-corrected chi connectivity index (χ3v) is 3.96. The number of nitrogens with zero attached hydrogens (tertiary/aromatic N) is 2. The zero-order valence-corrected chi connectivity index (χ0v) is 13.6. The van der Waals surface area contributed by atoms with Crippen LogP contribution in [0.3, 0.4) is 0 Å². The van der Waals surface area contributed by atoms with E-state index in [0.717, 1.165) is 17.6 Å². The molecule has 21 heavy (non-hydrogen) atoms. The summed E-state index contributed by atoms with van der Waals surface area (Å²) in [6.45, 7) is 0.254. The Morgan fingerprint density at radius 1 is 1.48 bits per heavy atom. The first-order valence-corrected chi connectivity index (χ1v) is 8.71. The van der Waals surface area contributed by atoms with Crippen LogP contribution in [-0.2, 0) is 30.8 Å². The number of carbonyl (C=O) groups excluding carboxylic acids is 2. The highest BCUT2D eigenvalue weighted by Gasteiger charge is 2.14. The Kier molecular flexibility index (Phi) is 6.09. The number of anilines is 1. The van der Waals surface area contributed by atoms with Gasteiger partial charge < -0.3 is 9.64 Å². The lowest BCUT2D eigenvalue weighted by Crippen LogP contribution is -2.30. The van der Waals surface area contributed by atoms with Crippen molar-refractivity contribution in [3.63, 3.8) is 0 Å². The molecule has 0 aliphatic carbocycles. The molecule has 0 aromatic carbocycles. The number of carbonyl (C=O) groups is 2. The summed E-state index contributed by atoms with van der Waals surface area (Å²) in [6, 6.07) is 0. The normalized spacial score (nSPS) is 11.0. The van der Waals surface area contributed by atoms with Crippen molar-refractivity contribution in [1.82, 2.24) is 9.88 Å². The van der Waals surface area contributed by atoms with Crippen LogP contribution in [0.5, 0.6) is 0 Å². The molecule has 118 valence electrons. The average molecular weight is 335 g/mol. The third kappa shape index (κ3) is 6.54. The van der Waals surface area contributed by atoms with Crippen molar-refractivity contribution in [2.75, 3.05) is 31.7 Å². The standard InChI is InChI=1S/C11H17N3O5S2/c1-14(5-4-10(16)19-2)9(15)6-8-7-20-11(12-8)13-21(3,17)18/h7H,4-6H2,1-3H3,(H,12,13). The van der Waals surface area contributed by atoms with E-state index in [1.165, 1.54) is 12.0 Å². The summed E-state index contributed by atoms with van der Waals surface area (Å²) in [5.41, 5.74) is 0.473. The Hall–Kier alpha value is -1.68. The van der Waals surface area contributed by atoms with E-state index in [2.05, 4.69) is 14.4 Å². The Labute approximate surface area is 127 Å². The van der Waals surface area contributed by atoms with Gasteiger partial charge in [0.1, 0.15) is 0 Å². The van der Waals surface area contributed by atoms with Gasteiger partial charge in [0.05, 0.1) is 31.9 Å². The van der Waals surface area contributed by atoms with Gasteiger partial charge in [0.2, 0.25) is 15.9 Å². The van der Waals surface area contributed by atoms with Crippen molar-refractivity contribution in [3.05, 3.63) is 11.1 Å². The minimum atomic E-state index is -3.38. The number of nitrogens with one attached hydrogen (secondary N) is 1. The van der Waals surface area contributed by atoms with Crippen LogP contribution in [0.25, 0.3) is 0 Å². The molecule has 0 saturated carbocycles. The quantitative estimate of drug-likeness (QED) is 0.707. The van der Waals surface area contributed by atoms with E-state index in [9.17, 15) is 18.0 Å². The fraction of sp³-hybridized carbons (Fsp3) is 0.545. The minimum Gasteiger partial charge on any atom is -0.469 e. The summed E-state index contributed by atoms with van der Waals surface area (Å²) in [4.78, 5) is 28.3. The van der Waals surface area contributed by atoms with Crippen LogP contribution in [0.15, 0.2) is 5.38 Å². The summed E-state index contributed by atoms with van der Waals surface area (Å²) in [5.74, 6) is -0.599. The highest BCUT2D eigenvalue weighted by molar-refractivity contribution is 7.92. The van der Waals surface area contributed by atoms with Crippen molar-refractivity contribution in [2.45, 2.75) is 12.8 Å². The molecule has 0 aliphatic rings. The first kappa shape index (κ1) is 17.4. The number of amides is 1. The molecule has 1 rings (SSSR count). The Bertz CT molecular complexity index is 611. The molecule has 1 aromatic heterocycles. The summed E-state index contributed by atoms with van der Waals surface area (Å²) >= 11 is 1.11. The van der Waals surface area contributed by atoms with Gasteiger partial charge in [-0.1, -0.05) is 0 Å². The maximum Gasteiger partial charge on any atom is 0.307 e. The number of esters is 1. The number of likely N-dealkylation sites (N-methyl/N-ethyl adjacent to an activating group) is 1. The molecule has 1 amide bonds. The number of rotatable bonds is 7. The van der Waals surface area contributed by atoms with Crippen LogP contribution in [0.1, 0.15) is 12.1 Å². The van der Waals surface area contributed by atoms with E-state index in [0.29, 0.717) is 5.69 Å². The van der Waals surface area contributed by atoms with E-state index >= 15 is 0 Å². The number of hydrogen-bond acceptors (Lipinski definition) is 7.